The lowest BCUT2D eigenvalue weighted by molar-refractivity contribution is 0.195. The van der Waals surface area contributed by atoms with Crippen molar-refractivity contribution < 1.29 is 15.0 Å². The van der Waals surface area contributed by atoms with Gasteiger partial charge >= 0.3 is 6.03 Å². The van der Waals surface area contributed by atoms with Crippen LogP contribution >= 0.6 is 11.6 Å². The van der Waals surface area contributed by atoms with E-state index in [4.69, 9.17) is 11.6 Å². The molecule has 0 saturated heterocycles. The van der Waals surface area contributed by atoms with Crippen molar-refractivity contribution in [1.29, 1.82) is 0 Å². The normalized spacial score (nSPS) is 17.1. The SMILES string of the molecule is CC(O)c1cc(Cl)cc(N(C)C(=O)NC2CCCCC2)c1O. The smallest absolute Gasteiger partial charge is 0.321 e. The number of phenols is 1. The maximum absolute atomic E-state index is 12.4. The molecular formula is C16H23ClN2O3. The first-order valence-electron chi connectivity index (χ1n) is 7.65. The molecular weight excluding hydrogens is 304 g/mol. The minimum Gasteiger partial charge on any atom is -0.505 e. The monoisotopic (exact) mass is 326 g/mol. The molecule has 1 unspecified atom stereocenters. The topological polar surface area (TPSA) is 72.8 Å². The molecule has 1 aromatic rings. The Hall–Kier alpha value is -1.46. The summed E-state index contributed by atoms with van der Waals surface area (Å²) in [6.07, 6.45) is 4.58. The molecule has 0 aromatic heterocycles. The minimum atomic E-state index is -0.868. The number of amides is 2. The summed E-state index contributed by atoms with van der Waals surface area (Å²) < 4.78 is 0. The zero-order chi connectivity index (χ0) is 16.3. The van der Waals surface area contributed by atoms with Crippen LogP contribution in [0.1, 0.15) is 50.7 Å². The Morgan fingerprint density at radius 1 is 1.36 bits per heavy atom. The molecule has 1 aromatic carbocycles. The van der Waals surface area contributed by atoms with Gasteiger partial charge in [0.25, 0.3) is 0 Å². The molecule has 0 spiro atoms. The average molecular weight is 327 g/mol. The van der Waals surface area contributed by atoms with Gasteiger partial charge in [0.1, 0.15) is 5.75 Å². The summed E-state index contributed by atoms with van der Waals surface area (Å²) in [5.74, 6) is -0.124. The van der Waals surface area contributed by atoms with Crippen LogP contribution in [0.15, 0.2) is 12.1 Å². The van der Waals surface area contributed by atoms with E-state index in [1.165, 1.54) is 30.4 Å². The first-order valence-corrected chi connectivity index (χ1v) is 8.02. The van der Waals surface area contributed by atoms with Crippen molar-refractivity contribution in [2.24, 2.45) is 0 Å². The van der Waals surface area contributed by atoms with Gasteiger partial charge in [-0.25, -0.2) is 4.79 Å². The fraction of sp³-hybridized carbons (Fsp3) is 0.562. The molecule has 0 bridgehead atoms. The fourth-order valence-electron chi connectivity index (χ4n) is 2.81. The number of carbonyl (C=O) groups excluding carboxylic acids is 1. The van der Waals surface area contributed by atoms with Crippen molar-refractivity contribution in [1.82, 2.24) is 5.32 Å². The number of nitrogens with zero attached hydrogens (tertiary/aromatic N) is 1. The van der Waals surface area contributed by atoms with Crippen molar-refractivity contribution in [3.05, 3.63) is 22.7 Å². The molecule has 1 atom stereocenters. The van der Waals surface area contributed by atoms with Crippen molar-refractivity contribution in [2.45, 2.75) is 51.2 Å². The largest absolute Gasteiger partial charge is 0.505 e. The van der Waals surface area contributed by atoms with Gasteiger partial charge in [-0.05, 0) is 31.9 Å². The lowest BCUT2D eigenvalue weighted by atomic mass is 9.96. The molecule has 0 aliphatic heterocycles. The van der Waals surface area contributed by atoms with E-state index in [2.05, 4.69) is 5.32 Å². The number of anilines is 1. The zero-order valence-corrected chi connectivity index (χ0v) is 13.7. The first-order chi connectivity index (χ1) is 10.4. The molecule has 2 amide bonds. The maximum atomic E-state index is 12.4. The fourth-order valence-corrected chi connectivity index (χ4v) is 3.03. The third kappa shape index (κ3) is 3.84. The van der Waals surface area contributed by atoms with Crippen LogP contribution in [0.3, 0.4) is 0 Å². The van der Waals surface area contributed by atoms with Crippen LogP contribution in [0.5, 0.6) is 5.75 Å². The van der Waals surface area contributed by atoms with Crippen molar-refractivity contribution in [3.8, 4) is 5.75 Å². The molecule has 2 rings (SSSR count). The van der Waals surface area contributed by atoms with Crippen LogP contribution in [0.2, 0.25) is 5.02 Å². The number of halogens is 1. The number of hydrogen-bond acceptors (Lipinski definition) is 3. The van der Waals surface area contributed by atoms with E-state index in [9.17, 15) is 15.0 Å². The third-order valence-electron chi connectivity index (χ3n) is 4.13. The van der Waals surface area contributed by atoms with Gasteiger partial charge in [0, 0.05) is 23.7 Å². The van der Waals surface area contributed by atoms with Gasteiger partial charge in [-0.2, -0.15) is 0 Å². The molecule has 0 radical (unpaired) electrons. The van der Waals surface area contributed by atoms with Crippen molar-refractivity contribution >= 4 is 23.3 Å². The van der Waals surface area contributed by atoms with Gasteiger partial charge in [-0.1, -0.05) is 30.9 Å². The molecule has 5 nitrogen and oxygen atoms in total. The van der Waals surface area contributed by atoms with Crippen LogP contribution in [0.4, 0.5) is 10.5 Å². The Bertz CT molecular complexity index is 542. The summed E-state index contributed by atoms with van der Waals surface area (Å²) >= 11 is 6.03. The predicted molar refractivity (Wildman–Crippen MR) is 87.6 cm³/mol. The molecule has 1 saturated carbocycles. The Kier molecular flexibility index (Phi) is 5.53. The Balaban J connectivity index is 2.17. The van der Waals surface area contributed by atoms with Gasteiger partial charge in [-0.15, -0.1) is 0 Å². The van der Waals surface area contributed by atoms with Gasteiger partial charge in [0.15, 0.2) is 0 Å². The van der Waals surface area contributed by atoms with Gasteiger partial charge in [-0.3, -0.25) is 4.90 Å². The summed E-state index contributed by atoms with van der Waals surface area (Å²) in [7, 11) is 1.58. The molecule has 3 N–H and O–H groups in total. The standard InChI is InChI=1S/C16H23ClN2O3/c1-10(20)13-8-11(17)9-14(15(13)21)19(2)16(22)18-12-6-4-3-5-7-12/h8-10,12,20-21H,3-7H2,1-2H3,(H,18,22). The highest BCUT2D eigenvalue weighted by molar-refractivity contribution is 6.31. The Morgan fingerprint density at radius 2 is 2.00 bits per heavy atom. The van der Waals surface area contributed by atoms with E-state index < -0.39 is 6.10 Å². The van der Waals surface area contributed by atoms with Crippen LogP contribution in [0.25, 0.3) is 0 Å². The number of phenolic OH excluding ortho intramolecular Hbond substituents is 1. The number of rotatable bonds is 3. The Labute approximate surface area is 135 Å². The summed E-state index contributed by atoms with van der Waals surface area (Å²) in [5.41, 5.74) is 0.594. The van der Waals surface area contributed by atoms with Crippen LogP contribution < -0.4 is 10.2 Å². The van der Waals surface area contributed by atoms with Gasteiger partial charge in [0.05, 0.1) is 11.8 Å². The van der Waals surface area contributed by atoms with Crippen molar-refractivity contribution in [2.75, 3.05) is 11.9 Å². The van der Waals surface area contributed by atoms with Gasteiger partial charge in [0.2, 0.25) is 0 Å². The lowest BCUT2D eigenvalue weighted by Crippen LogP contribution is -2.44. The number of aliphatic hydroxyl groups excluding tert-OH is 1. The summed E-state index contributed by atoms with van der Waals surface area (Å²) in [6.45, 7) is 1.54. The number of aromatic hydroxyl groups is 1. The maximum Gasteiger partial charge on any atom is 0.321 e. The molecule has 22 heavy (non-hydrogen) atoms. The highest BCUT2D eigenvalue weighted by Crippen LogP contribution is 2.37. The van der Waals surface area contributed by atoms with Crippen LogP contribution in [-0.2, 0) is 0 Å². The second kappa shape index (κ2) is 7.20. The minimum absolute atomic E-state index is 0.124. The predicted octanol–water partition coefficient (Wildman–Crippen LogP) is 3.58. The van der Waals surface area contributed by atoms with Crippen LogP contribution in [-0.4, -0.2) is 29.3 Å². The van der Waals surface area contributed by atoms with E-state index in [-0.39, 0.29) is 23.5 Å². The molecule has 1 fully saturated rings. The number of aliphatic hydroxyl groups is 1. The second-order valence-electron chi connectivity index (χ2n) is 5.88. The summed E-state index contributed by atoms with van der Waals surface area (Å²) in [4.78, 5) is 13.7. The third-order valence-corrected chi connectivity index (χ3v) is 4.35. The number of nitrogens with one attached hydrogen (secondary N) is 1. The zero-order valence-electron chi connectivity index (χ0n) is 13.0. The van der Waals surface area contributed by atoms with E-state index in [0.717, 1.165) is 25.7 Å². The molecule has 1 aliphatic rings. The quantitative estimate of drug-likeness (QED) is 0.795. The second-order valence-corrected chi connectivity index (χ2v) is 6.32. The van der Waals surface area contributed by atoms with E-state index in [1.54, 1.807) is 7.05 Å². The molecule has 1 aliphatic carbocycles. The molecule has 122 valence electrons. The highest BCUT2D eigenvalue weighted by atomic mass is 35.5. The number of urea groups is 1. The summed E-state index contributed by atoms with van der Waals surface area (Å²) in [6, 6.07) is 2.92. The first kappa shape index (κ1) is 16.9. The average Bonchev–Trinajstić information content (AvgIpc) is 2.49. The van der Waals surface area contributed by atoms with Gasteiger partial charge < -0.3 is 15.5 Å². The Morgan fingerprint density at radius 3 is 2.59 bits per heavy atom. The number of benzene rings is 1. The molecule has 0 heterocycles. The summed E-state index contributed by atoms with van der Waals surface area (Å²) in [5, 5.41) is 23.3. The van der Waals surface area contributed by atoms with E-state index in [1.807, 2.05) is 0 Å². The lowest BCUT2D eigenvalue weighted by Gasteiger charge is -2.27. The van der Waals surface area contributed by atoms with Crippen molar-refractivity contribution in [3.63, 3.8) is 0 Å². The van der Waals surface area contributed by atoms with E-state index in [0.29, 0.717) is 10.6 Å². The highest BCUT2D eigenvalue weighted by Gasteiger charge is 2.22. The van der Waals surface area contributed by atoms with Crippen LogP contribution in [0, 0.1) is 0 Å². The number of hydrogen-bond donors (Lipinski definition) is 3. The van der Waals surface area contributed by atoms with E-state index >= 15 is 0 Å². The number of carbonyl (C=O) groups is 1. The molecule has 6 heteroatoms.